The van der Waals surface area contributed by atoms with Crippen molar-refractivity contribution in [2.45, 2.75) is 27.7 Å². The van der Waals surface area contributed by atoms with Crippen LogP contribution in [0, 0.1) is 27.7 Å². The van der Waals surface area contributed by atoms with Gasteiger partial charge in [0.15, 0.2) is 0 Å². The van der Waals surface area contributed by atoms with Crippen molar-refractivity contribution in [2.24, 2.45) is 0 Å². The molecule has 0 unspecified atom stereocenters. The van der Waals surface area contributed by atoms with E-state index in [9.17, 15) is 4.79 Å². The van der Waals surface area contributed by atoms with Crippen molar-refractivity contribution in [2.75, 3.05) is 10.6 Å². The molecule has 1 amide bonds. The molecule has 0 saturated heterocycles. The van der Waals surface area contributed by atoms with E-state index >= 15 is 0 Å². The summed E-state index contributed by atoms with van der Waals surface area (Å²) in [6, 6.07) is 12.0. The first kappa shape index (κ1) is 17.6. The van der Waals surface area contributed by atoms with Crippen LogP contribution in [-0.4, -0.2) is 15.9 Å². The zero-order chi connectivity index (χ0) is 18.7. The fourth-order valence-corrected chi connectivity index (χ4v) is 2.67. The van der Waals surface area contributed by atoms with Crippen LogP contribution in [0.3, 0.4) is 0 Å². The van der Waals surface area contributed by atoms with Gasteiger partial charge in [-0.1, -0.05) is 29.8 Å². The predicted octanol–water partition coefficient (Wildman–Crippen LogP) is 4.71. The van der Waals surface area contributed by atoms with Gasteiger partial charge in [0.25, 0.3) is 5.91 Å². The number of nitrogens with zero attached hydrogens (tertiary/aromatic N) is 2. The number of amides is 1. The molecule has 0 saturated carbocycles. The lowest BCUT2D eigenvalue weighted by Gasteiger charge is -2.11. The van der Waals surface area contributed by atoms with E-state index in [0.29, 0.717) is 5.82 Å². The molecule has 0 aliphatic rings. The van der Waals surface area contributed by atoms with E-state index in [0.717, 1.165) is 28.1 Å². The number of carbonyl (C=O) groups excluding carboxylic acids is 1. The van der Waals surface area contributed by atoms with Crippen LogP contribution < -0.4 is 10.6 Å². The Kier molecular flexibility index (Phi) is 4.98. The molecule has 0 aliphatic heterocycles. The molecule has 0 aliphatic carbocycles. The van der Waals surface area contributed by atoms with E-state index in [1.54, 1.807) is 6.20 Å². The van der Waals surface area contributed by atoms with Crippen LogP contribution in [0.15, 0.2) is 48.8 Å². The third-order valence-corrected chi connectivity index (χ3v) is 4.38. The molecule has 2 N–H and O–H groups in total. The van der Waals surface area contributed by atoms with Crippen LogP contribution in [0.5, 0.6) is 0 Å². The molecule has 3 rings (SSSR count). The van der Waals surface area contributed by atoms with Crippen molar-refractivity contribution in [3.8, 4) is 0 Å². The maximum atomic E-state index is 12.4. The molecule has 26 heavy (non-hydrogen) atoms. The van der Waals surface area contributed by atoms with Crippen LogP contribution in [0.1, 0.15) is 32.7 Å². The lowest BCUT2D eigenvalue weighted by Crippen LogP contribution is -2.15. The topological polar surface area (TPSA) is 66.9 Å². The molecule has 1 aromatic heterocycles. The van der Waals surface area contributed by atoms with Crippen molar-refractivity contribution < 1.29 is 4.79 Å². The summed E-state index contributed by atoms with van der Waals surface area (Å²) in [5, 5.41) is 6.12. The van der Waals surface area contributed by atoms with E-state index in [4.69, 9.17) is 0 Å². The first-order chi connectivity index (χ1) is 12.4. The van der Waals surface area contributed by atoms with Crippen LogP contribution in [0.2, 0.25) is 0 Å². The Labute approximate surface area is 153 Å². The Morgan fingerprint density at radius 2 is 1.69 bits per heavy atom. The average Bonchev–Trinajstić information content (AvgIpc) is 2.62. The highest BCUT2D eigenvalue weighted by Crippen LogP contribution is 2.21. The number of anilines is 3. The SMILES string of the molecule is Cc1ccc(Nc2cnc(C(=O)Nc3cccc(C)c3C)cn2)c(C)c1. The molecule has 2 aromatic carbocycles. The summed E-state index contributed by atoms with van der Waals surface area (Å²) in [5.74, 6) is 0.324. The van der Waals surface area contributed by atoms with Crippen LogP contribution in [0.4, 0.5) is 17.2 Å². The summed E-state index contributed by atoms with van der Waals surface area (Å²) in [7, 11) is 0. The third kappa shape index (κ3) is 3.88. The first-order valence-corrected chi connectivity index (χ1v) is 8.48. The number of hydrogen-bond acceptors (Lipinski definition) is 4. The van der Waals surface area contributed by atoms with Gasteiger partial charge < -0.3 is 10.6 Å². The Balaban J connectivity index is 1.72. The van der Waals surface area contributed by atoms with E-state index in [-0.39, 0.29) is 11.6 Å². The molecule has 0 bridgehead atoms. The second-order valence-corrected chi connectivity index (χ2v) is 6.43. The lowest BCUT2D eigenvalue weighted by atomic mass is 10.1. The minimum Gasteiger partial charge on any atom is -0.339 e. The fourth-order valence-electron chi connectivity index (χ4n) is 2.67. The Morgan fingerprint density at radius 3 is 2.38 bits per heavy atom. The van der Waals surface area contributed by atoms with E-state index in [2.05, 4.69) is 33.6 Å². The molecule has 0 spiro atoms. The number of benzene rings is 2. The zero-order valence-electron chi connectivity index (χ0n) is 15.4. The highest BCUT2D eigenvalue weighted by Gasteiger charge is 2.11. The Hall–Kier alpha value is -3.21. The first-order valence-electron chi connectivity index (χ1n) is 8.48. The summed E-state index contributed by atoms with van der Waals surface area (Å²) in [6.45, 7) is 8.08. The average molecular weight is 346 g/mol. The lowest BCUT2D eigenvalue weighted by molar-refractivity contribution is 0.102. The van der Waals surface area contributed by atoms with Gasteiger partial charge in [0, 0.05) is 11.4 Å². The minimum absolute atomic E-state index is 0.274. The highest BCUT2D eigenvalue weighted by atomic mass is 16.1. The van der Waals surface area contributed by atoms with Crippen LogP contribution >= 0.6 is 0 Å². The summed E-state index contributed by atoms with van der Waals surface area (Å²) in [4.78, 5) is 20.9. The van der Waals surface area contributed by atoms with Gasteiger partial charge in [-0.25, -0.2) is 9.97 Å². The number of aryl methyl sites for hydroxylation is 3. The Bertz CT molecular complexity index is 949. The second-order valence-electron chi connectivity index (χ2n) is 6.43. The summed E-state index contributed by atoms with van der Waals surface area (Å²) in [6.07, 6.45) is 3.05. The van der Waals surface area contributed by atoms with Gasteiger partial charge >= 0.3 is 0 Å². The summed E-state index contributed by atoms with van der Waals surface area (Å²) in [5.41, 5.74) is 6.54. The fraction of sp³-hybridized carbons (Fsp3) is 0.190. The largest absolute Gasteiger partial charge is 0.339 e. The third-order valence-electron chi connectivity index (χ3n) is 4.38. The maximum absolute atomic E-state index is 12.4. The second kappa shape index (κ2) is 7.35. The molecule has 1 heterocycles. The van der Waals surface area contributed by atoms with Crippen molar-refractivity contribution in [1.82, 2.24) is 9.97 Å². The van der Waals surface area contributed by atoms with Gasteiger partial charge in [0.2, 0.25) is 0 Å². The highest BCUT2D eigenvalue weighted by molar-refractivity contribution is 6.03. The predicted molar refractivity (Wildman–Crippen MR) is 105 cm³/mol. The van der Waals surface area contributed by atoms with Gasteiger partial charge in [-0.2, -0.15) is 0 Å². The van der Waals surface area contributed by atoms with Gasteiger partial charge in [0.1, 0.15) is 11.5 Å². The molecule has 3 aromatic rings. The molecular weight excluding hydrogens is 324 g/mol. The van der Waals surface area contributed by atoms with Gasteiger partial charge in [-0.3, -0.25) is 4.79 Å². The zero-order valence-corrected chi connectivity index (χ0v) is 15.4. The molecule has 0 atom stereocenters. The number of aromatic nitrogens is 2. The molecule has 5 nitrogen and oxygen atoms in total. The maximum Gasteiger partial charge on any atom is 0.275 e. The smallest absolute Gasteiger partial charge is 0.275 e. The van der Waals surface area contributed by atoms with E-state index in [1.807, 2.05) is 51.1 Å². The quantitative estimate of drug-likeness (QED) is 0.718. The van der Waals surface area contributed by atoms with Crippen molar-refractivity contribution in [1.29, 1.82) is 0 Å². The minimum atomic E-state index is -0.274. The normalized spacial score (nSPS) is 10.5. The standard InChI is InChI=1S/C21H22N4O/c1-13-8-9-17(15(3)10-13)24-20-12-22-19(11-23-20)21(26)25-18-7-5-6-14(2)16(18)4/h5-12H,1-4H3,(H,23,24)(H,25,26). The van der Waals surface area contributed by atoms with E-state index < -0.39 is 0 Å². The molecule has 0 radical (unpaired) electrons. The van der Waals surface area contributed by atoms with E-state index in [1.165, 1.54) is 11.8 Å². The number of rotatable bonds is 4. The van der Waals surface area contributed by atoms with Crippen LogP contribution in [-0.2, 0) is 0 Å². The van der Waals surface area contributed by atoms with Gasteiger partial charge in [-0.05, 0) is 56.5 Å². The number of nitrogens with one attached hydrogen (secondary N) is 2. The molecule has 0 fully saturated rings. The molecule has 5 heteroatoms. The summed E-state index contributed by atoms with van der Waals surface area (Å²) < 4.78 is 0. The number of carbonyl (C=O) groups is 1. The van der Waals surface area contributed by atoms with Crippen LogP contribution in [0.25, 0.3) is 0 Å². The Morgan fingerprint density at radius 1 is 0.885 bits per heavy atom. The van der Waals surface area contributed by atoms with Gasteiger partial charge in [-0.15, -0.1) is 0 Å². The molecular formula is C21H22N4O. The molecule has 132 valence electrons. The van der Waals surface area contributed by atoms with Crippen molar-refractivity contribution in [3.05, 3.63) is 76.7 Å². The monoisotopic (exact) mass is 346 g/mol. The van der Waals surface area contributed by atoms with Crippen molar-refractivity contribution >= 4 is 23.1 Å². The number of hydrogen-bond donors (Lipinski definition) is 2. The summed E-state index contributed by atoms with van der Waals surface area (Å²) >= 11 is 0. The van der Waals surface area contributed by atoms with Crippen molar-refractivity contribution in [3.63, 3.8) is 0 Å². The van der Waals surface area contributed by atoms with Gasteiger partial charge in [0.05, 0.1) is 12.4 Å².